The number of amides is 1. The third-order valence-corrected chi connectivity index (χ3v) is 5.41. The van der Waals surface area contributed by atoms with Crippen molar-refractivity contribution < 1.29 is 9.72 Å². The first-order chi connectivity index (χ1) is 13.1. The van der Waals surface area contributed by atoms with Gasteiger partial charge < -0.3 is 5.32 Å². The van der Waals surface area contributed by atoms with E-state index in [9.17, 15) is 14.9 Å². The molecule has 1 amide bonds. The maximum atomic E-state index is 12.3. The molecule has 5 rings (SSSR count). The predicted molar refractivity (Wildman–Crippen MR) is 100 cm³/mol. The lowest BCUT2D eigenvalue weighted by Crippen LogP contribution is -2.39. The Hall–Kier alpha value is -2.84. The highest BCUT2D eigenvalue weighted by atomic mass is 16.6. The van der Waals surface area contributed by atoms with E-state index in [0.29, 0.717) is 23.1 Å². The number of nitrogens with one attached hydrogen (secondary N) is 2. The van der Waals surface area contributed by atoms with E-state index in [1.807, 2.05) is 12.1 Å². The molecule has 3 fully saturated rings. The number of hydrazine groups is 1. The predicted octanol–water partition coefficient (Wildman–Crippen LogP) is 2.56. The Morgan fingerprint density at radius 3 is 2.56 bits per heavy atom. The first kappa shape index (κ1) is 17.6. The molecule has 27 heavy (non-hydrogen) atoms. The molecule has 3 saturated heterocycles. The first-order valence-corrected chi connectivity index (χ1v) is 9.10. The Morgan fingerprint density at radius 1 is 1.19 bits per heavy atom. The van der Waals surface area contributed by atoms with E-state index in [4.69, 9.17) is 0 Å². The average molecular weight is 367 g/mol. The van der Waals surface area contributed by atoms with Gasteiger partial charge in [-0.15, -0.1) is 0 Å². The zero-order chi connectivity index (χ0) is 18.8. The summed E-state index contributed by atoms with van der Waals surface area (Å²) in [7, 11) is 0. The van der Waals surface area contributed by atoms with Crippen LogP contribution in [0.1, 0.15) is 34.8 Å². The second kappa shape index (κ2) is 7.42. The number of hydrogen-bond acceptors (Lipinski definition) is 6. The highest BCUT2D eigenvalue weighted by molar-refractivity contribution is 6.04. The van der Waals surface area contributed by atoms with E-state index in [0.717, 1.165) is 25.3 Å². The second-order valence-corrected chi connectivity index (χ2v) is 7.02. The lowest BCUT2D eigenvalue weighted by molar-refractivity contribution is -0.384. The van der Waals surface area contributed by atoms with Gasteiger partial charge >= 0.3 is 0 Å². The van der Waals surface area contributed by atoms with E-state index >= 15 is 0 Å². The van der Waals surface area contributed by atoms with Crippen LogP contribution in [0.5, 0.6) is 0 Å². The smallest absolute Gasteiger partial charge is 0.269 e. The van der Waals surface area contributed by atoms with Gasteiger partial charge in [-0.2, -0.15) is 0 Å². The van der Waals surface area contributed by atoms with E-state index in [2.05, 4.69) is 20.7 Å². The van der Waals surface area contributed by atoms with Crippen molar-refractivity contribution in [2.45, 2.75) is 18.8 Å². The minimum atomic E-state index is -0.490. The summed E-state index contributed by atoms with van der Waals surface area (Å²) in [6, 6.07) is 9.37. The Balaban J connectivity index is 1.43. The lowest BCUT2D eigenvalue weighted by atomic mass is 9.83. The number of hydrogen-bond donors (Lipinski definition) is 2. The van der Waals surface area contributed by atoms with Crippen LogP contribution >= 0.6 is 0 Å². The topological polar surface area (TPSA) is 100 Å². The van der Waals surface area contributed by atoms with Gasteiger partial charge in [-0.25, -0.2) is 5.01 Å². The fourth-order valence-electron chi connectivity index (χ4n) is 3.84. The van der Waals surface area contributed by atoms with Crippen LogP contribution in [-0.4, -0.2) is 40.5 Å². The summed E-state index contributed by atoms with van der Waals surface area (Å²) in [5.74, 6) is 0.711. The number of nitrogens with zero attached hydrogens (tertiary/aromatic N) is 3. The van der Waals surface area contributed by atoms with Gasteiger partial charge in [0, 0.05) is 48.9 Å². The number of non-ortho nitro benzene ring substituents is 1. The summed E-state index contributed by atoms with van der Waals surface area (Å²) in [4.78, 5) is 27.1. The van der Waals surface area contributed by atoms with Crippen molar-refractivity contribution >= 4 is 17.3 Å². The number of nitro benzene ring substituents is 1. The van der Waals surface area contributed by atoms with E-state index < -0.39 is 4.92 Å². The van der Waals surface area contributed by atoms with Gasteiger partial charge in [-0.3, -0.25) is 25.3 Å². The Kier molecular flexibility index (Phi) is 4.83. The van der Waals surface area contributed by atoms with E-state index in [1.165, 1.54) is 37.1 Å². The SMILES string of the molecule is O=C(Nc1ccc(C2CNN3CCC2CC3)nc1)c1ccc([N+](=O)[O-])cc1. The maximum absolute atomic E-state index is 12.3. The monoisotopic (exact) mass is 367 g/mol. The maximum Gasteiger partial charge on any atom is 0.269 e. The molecular formula is C19H21N5O3. The number of fused-ring (bicyclic) bond motifs is 4. The third-order valence-electron chi connectivity index (χ3n) is 5.41. The molecule has 1 aromatic carbocycles. The summed E-state index contributed by atoms with van der Waals surface area (Å²) >= 11 is 0. The zero-order valence-electron chi connectivity index (χ0n) is 14.8. The van der Waals surface area contributed by atoms with Crippen molar-refractivity contribution in [1.82, 2.24) is 15.4 Å². The number of piperidine rings is 1. The molecule has 3 aliphatic rings. The lowest BCUT2D eigenvalue weighted by Gasteiger charge is -2.28. The number of aromatic nitrogens is 1. The standard InChI is InChI=1S/C19H21N5O3/c25-19(14-1-4-16(5-2-14)24(26)27)22-15-3-6-18(20-11-15)17-12-21-23-9-7-13(17)8-10-23/h1-6,11,13,17,21H,7-10,12H2,(H,22,25). The van der Waals surface area contributed by atoms with Crippen LogP contribution in [0.15, 0.2) is 42.6 Å². The zero-order valence-corrected chi connectivity index (χ0v) is 14.8. The van der Waals surface area contributed by atoms with Crippen LogP contribution in [0.3, 0.4) is 0 Å². The number of anilines is 1. The minimum Gasteiger partial charge on any atom is -0.321 e. The van der Waals surface area contributed by atoms with Crippen molar-refractivity contribution in [3.05, 3.63) is 64.0 Å². The molecule has 2 N–H and O–H groups in total. The molecule has 4 heterocycles. The first-order valence-electron chi connectivity index (χ1n) is 9.10. The van der Waals surface area contributed by atoms with Crippen molar-refractivity contribution in [2.75, 3.05) is 25.0 Å². The normalized spacial score (nSPS) is 24.2. The van der Waals surface area contributed by atoms with E-state index in [1.54, 1.807) is 6.20 Å². The van der Waals surface area contributed by atoms with Crippen molar-refractivity contribution in [1.29, 1.82) is 0 Å². The highest BCUT2D eigenvalue weighted by Crippen LogP contribution is 2.34. The van der Waals surface area contributed by atoms with E-state index in [-0.39, 0.29) is 11.6 Å². The Bertz CT molecular complexity index is 829. The van der Waals surface area contributed by atoms with Crippen LogP contribution in [0, 0.1) is 16.0 Å². The molecule has 8 heteroatoms. The minimum absolute atomic E-state index is 0.0416. The fourth-order valence-corrected chi connectivity index (χ4v) is 3.84. The Morgan fingerprint density at radius 2 is 1.93 bits per heavy atom. The molecule has 1 atom stereocenters. The molecule has 8 nitrogen and oxygen atoms in total. The van der Waals surface area contributed by atoms with Gasteiger partial charge in [-0.1, -0.05) is 0 Å². The molecule has 0 aliphatic carbocycles. The summed E-state index contributed by atoms with van der Waals surface area (Å²) in [6.07, 6.45) is 4.03. The summed E-state index contributed by atoms with van der Waals surface area (Å²) in [5, 5.41) is 15.8. The molecule has 140 valence electrons. The van der Waals surface area contributed by atoms with Crippen LogP contribution in [0.4, 0.5) is 11.4 Å². The number of benzene rings is 1. The number of nitro groups is 1. The van der Waals surface area contributed by atoms with Gasteiger partial charge in [0.1, 0.15) is 0 Å². The van der Waals surface area contributed by atoms with Crippen molar-refractivity contribution in [3.8, 4) is 0 Å². The molecule has 0 spiro atoms. The number of rotatable bonds is 4. The Labute approximate surface area is 156 Å². The van der Waals surface area contributed by atoms with Crippen molar-refractivity contribution in [3.63, 3.8) is 0 Å². The fraction of sp³-hybridized carbons (Fsp3) is 0.368. The molecule has 3 aliphatic heterocycles. The molecule has 2 aromatic rings. The average Bonchev–Trinajstić information content (AvgIpc) is 3.02. The van der Waals surface area contributed by atoms with Crippen molar-refractivity contribution in [2.24, 2.45) is 5.92 Å². The van der Waals surface area contributed by atoms with Gasteiger partial charge in [0.2, 0.25) is 0 Å². The summed E-state index contributed by atoms with van der Waals surface area (Å²) < 4.78 is 0. The molecule has 2 bridgehead atoms. The molecule has 0 saturated carbocycles. The summed E-state index contributed by atoms with van der Waals surface area (Å²) in [6.45, 7) is 3.07. The molecule has 0 radical (unpaired) electrons. The highest BCUT2D eigenvalue weighted by Gasteiger charge is 2.32. The van der Waals surface area contributed by atoms with Gasteiger partial charge in [0.25, 0.3) is 11.6 Å². The van der Waals surface area contributed by atoms with Crippen LogP contribution in [0.2, 0.25) is 0 Å². The van der Waals surface area contributed by atoms with Gasteiger partial charge in [0.05, 0.1) is 16.8 Å². The van der Waals surface area contributed by atoms with Crippen LogP contribution < -0.4 is 10.7 Å². The molecule has 1 aromatic heterocycles. The third kappa shape index (κ3) is 3.81. The molecule has 1 unspecified atom stereocenters. The number of carbonyl (C=O) groups excluding carboxylic acids is 1. The largest absolute Gasteiger partial charge is 0.321 e. The number of carbonyl (C=O) groups is 1. The summed E-state index contributed by atoms with van der Waals surface area (Å²) in [5.41, 5.74) is 5.45. The van der Waals surface area contributed by atoms with Crippen LogP contribution in [0.25, 0.3) is 0 Å². The number of pyridine rings is 1. The van der Waals surface area contributed by atoms with Gasteiger partial charge in [0.15, 0.2) is 0 Å². The molecular weight excluding hydrogens is 346 g/mol. The van der Waals surface area contributed by atoms with Crippen LogP contribution in [-0.2, 0) is 0 Å². The second-order valence-electron chi connectivity index (χ2n) is 7.02. The quantitative estimate of drug-likeness (QED) is 0.636. The van der Waals surface area contributed by atoms with Gasteiger partial charge in [-0.05, 0) is 43.0 Å².